The van der Waals surface area contributed by atoms with Crippen molar-refractivity contribution in [3.05, 3.63) is 157 Å². The highest BCUT2D eigenvalue weighted by molar-refractivity contribution is 6.12. The Balaban J connectivity index is 1.59. The van der Waals surface area contributed by atoms with Crippen molar-refractivity contribution in [1.82, 2.24) is 0 Å². The summed E-state index contributed by atoms with van der Waals surface area (Å²) in [5.74, 6) is 0. The number of hydrogen-bond acceptors (Lipinski definition) is 1. The van der Waals surface area contributed by atoms with Crippen LogP contribution in [0.3, 0.4) is 0 Å². The van der Waals surface area contributed by atoms with Crippen molar-refractivity contribution >= 4 is 45.8 Å². The number of rotatable bonds is 7. The summed E-state index contributed by atoms with van der Waals surface area (Å²) in [5, 5.41) is 14.4. The predicted molar refractivity (Wildman–Crippen MR) is 183 cm³/mol. The smallest absolute Gasteiger partial charge is 0.0998 e. The molecule has 0 aliphatic heterocycles. The van der Waals surface area contributed by atoms with Crippen LogP contribution >= 0.6 is 0 Å². The predicted octanol–water partition coefficient (Wildman–Crippen LogP) is 11.4. The van der Waals surface area contributed by atoms with Gasteiger partial charge < -0.3 is 0 Å². The Hall–Kier alpha value is -5.71. The molecule has 0 saturated carbocycles. The van der Waals surface area contributed by atoms with Crippen LogP contribution in [0.15, 0.2) is 129 Å². The first-order chi connectivity index (χ1) is 20.6. The fourth-order valence-corrected chi connectivity index (χ4v) is 6.09. The Morgan fingerprint density at radius 2 is 1.02 bits per heavy atom. The summed E-state index contributed by atoms with van der Waals surface area (Å²) in [5.41, 5.74) is 10.8. The third-order valence-corrected chi connectivity index (χ3v) is 8.04. The van der Waals surface area contributed by atoms with Crippen LogP contribution in [-0.4, -0.2) is 0 Å². The molecule has 0 aromatic heterocycles. The molecule has 0 spiro atoms. The molecule has 0 heterocycles. The normalized spacial score (nSPS) is 10.7. The molecular formula is C41H29N. The molecule has 0 aliphatic carbocycles. The first-order valence-electron chi connectivity index (χ1n) is 13.9. The summed E-state index contributed by atoms with van der Waals surface area (Å²) < 4.78 is 0. The maximum atomic E-state index is 9.73. The van der Waals surface area contributed by atoms with Crippen molar-refractivity contribution in [3.63, 3.8) is 0 Å². The highest BCUT2D eigenvalue weighted by Gasteiger charge is 2.21. The molecule has 0 N–H and O–H groups in total. The SMILES string of the molecule is C=Cc1c(C#N)ccc(-c2c(C=C)c(C=C)c(-c3ccc(-c4ccc5ccccc5c4)cc3)c3ccccc23)c1C=C. The highest BCUT2D eigenvalue weighted by Crippen LogP contribution is 2.45. The van der Waals surface area contributed by atoms with Gasteiger partial charge in [0.15, 0.2) is 0 Å². The molecule has 0 bridgehead atoms. The van der Waals surface area contributed by atoms with Gasteiger partial charge in [0.2, 0.25) is 0 Å². The summed E-state index contributed by atoms with van der Waals surface area (Å²) in [4.78, 5) is 0. The minimum atomic E-state index is 0.570. The molecule has 0 fully saturated rings. The molecule has 198 valence electrons. The average Bonchev–Trinajstić information content (AvgIpc) is 3.06. The van der Waals surface area contributed by atoms with Gasteiger partial charge in [-0.25, -0.2) is 0 Å². The Kier molecular flexibility index (Phi) is 6.97. The Morgan fingerprint density at radius 3 is 1.67 bits per heavy atom. The van der Waals surface area contributed by atoms with E-state index in [9.17, 15) is 5.26 Å². The average molecular weight is 536 g/mol. The van der Waals surface area contributed by atoms with E-state index in [-0.39, 0.29) is 0 Å². The van der Waals surface area contributed by atoms with E-state index in [0.717, 1.165) is 55.3 Å². The van der Waals surface area contributed by atoms with E-state index >= 15 is 0 Å². The van der Waals surface area contributed by atoms with E-state index in [0.29, 0.717) is 5.56 Å². The van der Waals surface area contributed by atoms with Gasteiger partial charge in [0.1, 0.15) is 0 Å². The van der Waals surface area contributed by atoms with Crippen LogP contribution in [0.4, 0.5) is 0 Å². The molecule has 6 aromatic carbocycles. The molecule has 6 rings (SSSR count). The number of nitriles is 1. The lowest BCUT2D eigenvalue weighted by molar-refractivity contribution is 1.46. The first-order valence-corrected chi connectivity index (χ1v) is 13.9. The van der Waals surface area contributed by atoms with Gasteiger partial charge in [-0.05, 0) is 89.3 Å². The van der Waals surface area contributed by atoms with Crippen LogP contribution in [0.1, 0.15) is 27.8 Å². The van der Waals surface area contributed by atoms with Crippen molar-refractivity contribution < 1.29 is 0 Å². The second-order valence-corrected chi connectivity index (χ2v) is 10.2. The number of hydrogen-bond donors (Lipinski definition) is 0. The molecule has 0 aliphatic rings. The van der Waals surface area contributed by atoms with Crippen LogP contribution in [0, 0.1) is 11.3 Å². The van der Waals surface area contributed by atoms with Gasteiger partial charge in [-0.3, -0.25) is 0 Å². The molecule has 1 nitrogen and oxygen atoms in total. The monoisotopic (exact) mass is 535 g/mol. The third-order valence-electron chi connectivity index (χ3n) is 8.04. The minimum absolute atomic E-state index is 0.570. The zero-order chi connectivity index (χ0) is 29.2. The van der Waals surface area contributed by atoms with Gasteiger partial charge in [-0.15, -0.1) is 0 Å². The van der Waals surface area contributed by atoms with Gasteiger partial charge in [0.25, 0.3) is 0 Å². The van der Waals surface area contributed by atoms with Crippen LogP contribution in [0.5, 0.6) is 0 Å². The summed E-state index contributed by atoms with van der Waals surface area (Å²) in [6.45, 7) is 16.5. The Bertz CT molecular complexity index is 2100. The van der Waals surface area contributed by atoms with Crippen molar-refractivity contribution in [2.24, 2.45) is 0 Å². The molecule has 0 atom stereocenters. The van der Waals surface area contributed by atoms with E-state index < -0.39 is 0 Å². The molecule has 0 saturated heterocycles. The lowest BCUT2D eigenvalue weighted by atomic mass is 9.81. The molecule has 0 radical (unpaired) electrons. The fraction of sp³-hybridized carbons (Fsp3) is 0. The lowest BCUT2D eigenvalue weighted by Crippen LogP contribution is -1.99. The topological polar surface area (TPSA) is 23.8 Å². The van der Waals surface area contributed by atoms with E-state index in [2.05, 4.69) is 123 Å². The summed E-state index contributed by atoms with van der Waals surface area (Å²) in [6, 6.07) is 38.4. The molecule has 42 heavy (non-hydrogen) atoms. The Labute approximate surface area is 247 Å². The lowest BCUT2D eigenvalue weighted by Gasteiger charge is -2.22. The number of fused-ring (bicyclic) bond motifs is 2. The Morgan fingerprint density at radius 1 is 0.476 bits per heavy atom. The van der Waals surface area contributed by atoms with Crippen LogP contribution < -0.4 is 0 Å². The van der Waals surface area contributed by atoms with Crippen molar-refractivity contribution in [2.45, 2.75) is 0 Å². The molecule has 1 heteroatoms. The second kappa shape index (κ2) is 11.0. The fourth-order valence-electron chi connectivity index (χ4n) is 6.09. The zero-order valence-corrected chi connectivity index (χ0v) is 23.4. The summed E-state index contributed by atoms with van der Waals surface area (Å²) in [7, 11) is 0. The van der Waals surface area contributed by atoms with Crippen molar-refractivity contribution in [2.75, 3.05) is 0 Å². The largest absolute Gasteiger partial charge is 0.192 e. The van der Waals surface area contributed by atoms with E-state index in [1.54, 1.807) is 6.08 Å². The maximum Gasteiger partial charge on any atom is 0.0998 e. The summed E-state index contributed by atoms with van der Waals surface area (Å²) >= 11 is 0. The van der Waals surface area contributed by atoms with E-state index in [1.807, 2.05) is 30.4 Å². The van der Waals surface area contributed by atoms with Gasteiger partial charge in [0, 0.05) is 0 Å². The number of benzene rings is 6. The maximum absolute atomic E-state index is 9.73. The third kappa shape index (κ3) is 4.27. The highest BCUT2D eigenvalue weighted by atomic mass is 14.3. The van der Waals surface area contributed by atoms with Crippen LogP contribution in [-0.2, 0) is 0 Å². The standard InChI is InChI=1S/C41H29N/c1-5-33-32(26-42)23-24-39(34(33)6-2)41-36(8-4)35(7-3)40(37-15-11-12-16-38(37)41)29-20-17-28(18-21-29)31-22-19-27-13-9-10-14-30(27)25-31/h5-25H,1-4H2. The van der Waals surface area contributed by atoms with Crippen LogP contribution in [0.25, 0.3) is 79.2 Å². The first kappa shape index (κ1) is 26.5. The van der Waals surface area contributed by atoms with E-state index in [4.69, 9.17) is 0 Å². The van der Waals surface area contributed by atoms with Gasteiger partial charge in [-0.2, -0.15) is 5.26 Å². The second-order valence-electron chi connectivity index (χ2n) is 10.2. The van der Waals surface area contributed by atoms with Crippen molar-refractivity contribution in [1.29, 1.82) is 5.26 Å². The molecule has 0 amide bonds. The van der Waals surface area contributed by atoms with Gasteiger partial charge >= 0.3 is 0 Å². The minimum Gasteiger partial charge on any atom is -0.192 e. The van der Waals surface area contributed by atoms with Gasteiger partial charge in [-0.1, -0.05) is 142 Å². The molecule has 0 unspecified atom stereocenters. The van der Waals surface area contributed by atoms with E-state index in [1.165, 1.54) is 21.9 Å². The molecule has 6 aromatic rings. The molecular weight excluding hydrogens is 506 g/mol. The summed E-state index contributed by atoms with van der Waals surface area (Å²) in [6.07, 6.45) is 7.37. The quantitative estimate of drug-likeness (QED) is 0.199. The van der Waals surface area contributed by atoms with Crippen molar-refractivity contribution in [3.8, 4) is 39.4 Å². The van der Waals surface area contributed by atoms with Gasteiger partial charge in [0.05, 0.1) is 11.6 Å². The number of nitrogens with zero attached hydrogens (tertiary/aromatic N) is 1. The zero-order valence-electron chi connectivity index (χ0n) is 23.4. The van der Waals surface area contributed by atoms with Crippen LogP contribution in [0.2, 0.25) is 0 Å².